The van der Waals surface area contributed by atoms with Crippen molar-refractivity contribution in [3.8, 4) is 0 Å². The van der Waals surface area contributed by atoms with Gasteiger partial charge in [-0.2, -0.15) is 0 Å². The van der Waals surface area contributed by atoms with E-state index in [2.05, 4.69) is 0 Å². The van der Waals surface area contributed by atoms with Gasteiger partial charge in [-0.3, -0.25) is 9.59 Å². The van der Waals surface area contributed by atoms with Crippen LogP contribution in [0.4, 0.5) is 0 Å². The Bertz CT molecular complexity index is 123. The minimum Gasteiger partial charge on any atom is -0.394 e. The monoisotopic (exact) mass is 174 g/mol. The Kier molecular flexibility index (Phi) is 6.51. The predicted octanol–water partition coefficient (Wildman–Crippen LogP) is -0.330. The molecule has 0 radical (unpaired) electrons. The van der Waals surface area contributed by atoms with Gasteiger partial charge in [0.1, 0.15) is 11.6 Å². The Morgan fingerprint density at radius 1 is 0.833 bits per heavy atom. The maximum Gasteiger partial charge on any atom is 0.133 e. The molecule has 0 spiro atoms. The zero-order valence-electron chi connectivity index (χ0n) is 6.95. The molecule has 0 amide bonds. The molecule has 0 heterocycles. The summed E-state index contributed by atoms with van der Waals surface area (Å²) in [5, 5.41) is 15.2. The van der Waals surface area contributed by atoms with Crippen LogP contribution < -0.4 is 0 Å². The average molecular weight is 174 g/mol. The quantitative estimate of drug-likeness (QED) is 0.570. The van der Waals surface area contributed by atoms with Gasteiger partial charge in [0.2, 0.25) is 0 Å². The first-order chi connectivity index (χ1) is 5.70. The molecule has 2 N–H and O–H groups in total. The summed E-state index contributed by atoms with van der Waals surface area (Å²) in [6, 6.07) is 0. The van der Waals surface area contributed by atoms with Crippen molar-refractivity contribution in [3.05, 3.63) is 0 Å². The third-order valence-corrected chi connectivity index (χ3v) is 1.47. The fraction of sp³-hybridized carbons (Fsp3) is 0.750. The van der Waals surface area contributed by atoms with Crippen molar-refractivity contribution in [2.45, 2.75) is 25.7 Å². The number of ketones is 2. The van der Waals surface area contributed by atoms with Gasteiger partial charge in [-0.1, -0.05) is 0 Å². The van der Waals surface area contributed by atoms with Gasteiger partial charge < -0.3 is 10.2 Å². The number of carbonyl (C=O) groups is 2. The summed E-state index contributed by atoms with van der Waals surface area (Å²) < 4.78 is 0. The lowest BCUT2D eigenvalue weighted by molar-refractivity contribution is -0.128. The number of hydrogen-bond acceptors (Lipinski definition) is 4. The maximum absolute atomic E-state index is 10.5. The van der Waals surface area contributed by atoms with Gasteiger partial charge in [0.15, 0.2) is 0 Å². The Morgan fingerprint density at radius 3 is 1.25 bits per heavy atom. The van der Waals surface area contributed by atoms with E-state index in [1.807, 2.05) is 0 Å². The maximum atomic E-state index is 10.5. The van der Waals surface area contributed by atoms with Crippen LogP contribution in [-0.2, 0) is 9.59 Å². The lowest BCUT2D eigenvalue weighted by atomic mass is 9.98. The third-order valence-electron chi connectivity index (χ3n) is 1.47. The highest BCUT2D eigenvalue weighted by Crippen LogP contribution is 2.08. The fourth-order valence-electron chi connectivity index (χ4n) is 0.808. The zero-order chi connectivity index (χ0) is 9.40. The van der Waals surface area contributed by atoms with Crippen molar-refractivity contribution in [1.82, 2.24) is 0 Å². The highest BCUT2D eigenvalue weighted by Gasteiger charge is 2.13. The van der Waals surface area contributed by atoms with Gasteiger partial charge in [-0.15, -0.1) is 0 Å². The second-order valence-corrected chi connectivity index (χ2v) is 2.52. The van der Waals surface area contributed by atoms with Gasteiger partial charge in [-0.25, -0.2) is 0 Å². The molecular weight excluding hydrogens is 160 g/mol. The Hall–Kier alpha value is -0.740. The van der Waals surface area contributed by atoms with Gasteiger partial charge in [0.25, 0.3) is 0 Å². The minimum atomic E-state index is -0.125. The van der Waals surface area contributed by atoms with Crippen LogP contribution in [0, 0.1) is 0 Å². The first kappa shape index (κ1) is 11.3. The molecule has 1 aliphatic rings. The standard InChI is InChI=1S/C6H8O2.C2H6O2/c7-5-1-2-6(8)4-3-5;3-1-2-4/h1-4H2;3-4H,1-2H2. The number of carbonyl (C=O) groups excluding carboxylic acids is 2. The first-order valence-electron chi connectivity index (χ1n) is 3.95. The molecule has 12 heavy (non-hydrogen) atoms. The molecule has 1 aliphatic carbocycles. The Morgan fingerprint density at radius 2 is 1.08 bits per heavy atom. The molecule has 4 heteroatoms. The van der Waals surface area contributed by atoms with Crippen LogP contribution in [-0.4, -0.2) is 35.0 Å². The average Bonchev–Trinajstić information content (AvgIpc) is 2.11. The van der Waals surface area contributed by atoms with E-state index >= 15 is 0 Å². The molecule has 0 aromatic rings. The van der Waals surface area contributed by atoms with Crippen LogP contribution in [0.15, 0.2) is 0 Å². The van der Waals surface area contributed by atoms with Gasteiger partial charge in [0, 0.05) is 25.7 Å². The second-order valence-electron chi connectivity index (χ2n) is 2.52. The van der Waals surface area contributed by atoms with Crippen molar-refractivity contribution < 1.29 is 19.8 Å². The largest absolute Gasteiger partial charge is 0.394 e. The molecule has 0 bridgehead atoms. The molecule has 0 aromatic heterocycles. The summed E-state index contributed by atoms with van der Waals surface area (Å²) in [6.45, 7) is -0.250. The lowest BCUT2D eigenvalue weighted by Gasteiger charge is -2.04. The summed E-state index contributed by atoms with van der Waals surface area (Å²) in [7, 11) is 0. The summed E-state index contributed by atoms with van der Waals surface area (Å²) >= 11 is 0. The van der Waals surface area contributed by atoms with E-state index in [0.717, 1.165) is 0 Å². The van der Waals surface area contributed by atoms with Crippen LogP contribution in [0.25, 0.3) is 0 Å². The topological polar surface area (TPSA) is 74.6 Å². The molecule has 0 saturated heterocycles. The summed E-state index contributed by atoms with van der Waals surface area (Å²) in [6.07, 6.45) is 1.94. The molecule has 0 aromatic carbocycles. The molecule has 4 nitrogen and oxygen atoms in total. The van der Waals surface area contributed by atoms with Crippen molar-refractivity contribution in [2.24, 2.45) is 0 Å². The smallest absolute Gasteiger partial charge is 0.133 e. The van der Waals surface area contributed by atoms with E-state index in [1.165, 1.54) is 0 Å². The lowest BCUT2D eigenvalue weighted by Crippen LogP contribution is -2.12. The minimum absolute atomic E-state index is 0.125. The van der Waals surface area contributed by atoms with Gasteiger partial charge in [-0.05, 0) is 0 Å². The van der Waals surface area contributed by atoms with E-state index in [0.29, 0.717) is 25.7 Å². The van der Waals surface area contributed by atoms with Crippen molar-refractivity contribution in [2.75, 3.05) is 13.2 Å². The number of hydrogen-bond donors (Lipinski definition) is 2. The number of aliphatic hydroxyl groups excluding tert-OH is 2. The van der Waals surface area contributed by atoms with Gasteiger partial charge in [0.05, 0.1) is 13.2 Å². The molecule has 1 saturated carbocycles. The second kappa shape index (κ2) is 6.94. The number of aliphatic hydroxyl groups is 2. The van der Waals surface area contributed by atoms with E-state index in [9.17, 15) is 9.59 Å². The fourth-order valence-corrected chi connectivity index (χ4v) is 0.808. The van der Waals surface area contributed by atoms with Crippen molar-refractivity contribution >= 4 is 11.6 Å². The molecule has 1 rings (SSSR count). The molecule has 0 aliphatic heterocycles. The van der Waals surface area contributed by atoms with Crippen LogP contribution in [0.5, 0.6) is 0 Å². The SMILES string of the molecule is O=C1CCC(=O)CC1.OCCO. The predicted molar refractivity (Wildman–Crippen MR) is 42.7 cm³/mol. The van der Waals surface area contributed by atoms with E-state index < -0.39 is 0 Å². The summed E-state index contributed by atoms with van der Waals surface area (Å²) in [5.41, 5.74) is 0. The Balaban J connectivity index is 0.000000261. The van der Waals surface area contributed by atoms with E-state index in [4.69, 9.17) is 10.2 Å². The summed E-state index contributed by atoms with van der Waals surface area (Å²) in [5.74, 6) is 0.481. The molecule has 70 valence electrons. The van der Waals surface area contributed by atoms with Crippen LogP contribution in [0.3, 0.4) is 0 Å². The van der Waals surface area contributed by atoms with Crippen molar-refractivity contribution in [1.29, 1.82) is 0 Å². The normalized spacial score (nSPS) is 16.8. The highest BCUT2D eigenvalue weighted by atomic mass is 16.3. The number of rotatable bonds is 1. The van der Waals surface area contributed by atoms with E-state index in [1.54, 1.807) is 0 Å². The number of Topliss-reactive ketones (excluding diaryl/α,β-unsaturated/α-hetero) is 2. The van der Waals surface area contributed by atoms with Gasteiger partial charge >= 0.3 is 0 Å². The summed E-state index contributed by atoms with van der Waals surface area (Å²) in [4.78, 5) is 20.9. The van der Waals surface area contributed by atoms with E-state index in [-0.39, 0.29) is 24.8 Å². The molecular formula is C8H14O4. The van der Waals surface area contributed by atoms with Crippen LogP contribution >= 0.6 is 0 Å². The molecule has 1 fully saturated rings. The van der Waals surface area contributed by atoms with Crippen LogP contribution in [0.1, 0.15) is 25.7 Å². The molecule has 0 atom stereocenters. The third kappa shape index (κ3) is 6.00. The molecule has 0 unspecified atom stereocenters. The van der Waals surface area contributed by atoms with Crippen LogP contribution in [0.2, 0.25) is 0 Å². The first-order valence-corrected chi connectivity index (χ1v) is 3.95. The Labute approximate surface area is 71.2 Å². The van der Waals surface area contributed by atoms with Crippen molar-refractivity contribution in [3.63, 3.8) is 0 Å². The zero-order valence-corrected chi connectivity index (χ0v) is 6.95. The highest BCUT2D eigenvalue weighted by molar-refractivity contribution is 5.92.